The Morgan fingerprint density at radius 1 is 1.12 bits per heavy atom. The molecule has 4 nitrogen and oxygen atoms in total. The molecule has 5 heteroatoms. The summed E-state index contributed by atoms with van der Waals surface area (Å²) >= 11 is 3.37. The fourth-order valence-electron chi connectivity index (χ4n) is 2.11. The van der Waals surface area contributed by atoms with Gasteiger partial charge < -0.3 is 10.2 Å². The zero-order valence-corrected chi connectivity index (χ0v) is 15.2. The minimum atomic E-state index is -0.248. The van der Waals surface area contributed by atoms with Crippen molar-refractivity contribution in [3.05, 3.63) is 70.2 Å². The number of hydrogen-bond donors (Lipinski definition) is 1. The van der Waals surface area contributed by atoms with E-state index < -0.39 is 0 Å². The number of rotatable bonds is 5. The largest absolute Gasteiger partial charge is 0.333 e. The van der Waals surface area contributed by atoms with E-state index in [9.17, 15) is 9.59 Å². The summed E-state index contributed by atoms with van der Waals surface area (Å²) in [6, 6.07) is 15.1. The predicted octanol–water partition coefficient (Wildman–Crippen LogP) is 3.87. The topological polar surface area (TPSA) is 49.4 Å². The molecule has 2 aromatic carbocycles. The van der Waals surface area contributed by atoms with E-state index in [0.29, 0.717) is 5.69 Å². The number of amides is 2. The highest BCUT2D eigenvalue weighted by atomic mass is 79.9. The number of anilines is 1. The summed E-state index contributed by atoms with van der Waals surface area (Å²) in [5, 5.41) is 2.78. The minimum absolute atomic E-state index is 0.0156. The van der Waals surface area contributed by atoms with E-state index in [4.69, 9.17) is 0 Å². The number of nitrogens with zero attached hydrogens (tertiary/aromatic N) is 1. The van der Waals surface area contributed by atoms with Crippen molar-refractivity contribution in [2.75, 3.05) is 18.9 Å². The van der Waals surface area contributed by atoms with Gasteiger partial charge >= 0.3 is 0 Å². The second-order valence-corrected chi connectivity index (χ2v) is 6.27. The van der Waals surface area contributed by atoms with Gasteiger partial charge in [0.05, 0.1) is 12.2 Å². The molecule has 1 N–H and O–H groups in total. The number of carbonyl (C=O) groups excluding carboxylic acids is 2. The third-order valence-electron chi connectivity index (χ3n) is 3.50. The van der Waals surface area contributed by atoms with Gasteiger partial charge in [-0.2, -0.15) is 0 Å². The van der Waals surface area contributed by atoms with Crippen LogP contribution in [0.3, 0.4) is 0 Å². The SMILES string of the molecule is Cc1ccccc1/C=C/C(=O)N(C)CC(=O)Nc1ccccc1Br. The molecule has 0 heterocycles. The highest BCUT2D eigenvalue weighted by Crippen LogP contribution is 2.20. The molecule has 0 saturated carbocycles. The fourth-order valence-corrected chi connectivity index (χ4v) is 2.49. The normalized spacial score (nSPS) is 10.6. The van der Waals surface area contributed by atoms with Gasteiger partial charge in [-0.3, -0.25) is 9.59 Å². The average Bonchev–Trinajstić information content (AvgIpc) is 2.56. The van der Waals surface area contributed by atoms with Crippen LogP contribution in [0.15, 0.2) is 59.1 Å². The van der Waals surface area contributed by atoms with Gasteiger partial charge in [0.2, 0.25) is 11.8 Å². The van der Waals surface area contributed by atoms with Crippen molar-refractivity contribution in [2.24, 2.45) is 0 Å². The molecule has 0 aliphatic carbocycles. The third-order valence-corrected chi connectivity index (χ3v) is 4.19. The number of likely N-dealkylation sites (N-methyl/N-ethyl adjacent to an activating group) is 1. The summed E-state index contributed by atoms with van der Waals surface area (Å²) in [4.78, 5) is 25.6. The number of hydrogen-bond acceptors (Lipinski definition) is 2. The van der Waals surface area contributed by atoms with Gasteiger partial charge in [0.1, 0.15) is 0 Å². The van der Waals surface area contributed by atoms with Crippen molar-refractivity contribution >= 4 is 39.5 Å². The Morgan fingerprint density at radius 2 is 1.79 bits per heavy atom. The van der Waals surface area contributed by atoms with Crippen molar-refractivity contribution in [3.8, 4) is 0 Å². The van der Waals surface area contributed by atoms with Gasteiger partial charge in [0.25, 0.3) is 0 Å². The zero-order valence-electron chi connectivity index (χ0n) is 13.6. The van der Waals surface area contributed by atoms with Crippen molar-refractivity contribution < 1.29 is 9.59 Å². The summed E-state index contributed by atoms with van der Waals surface area (Å²) in [5.74, 6) is -0.470. The zero-order chi connectivity index (χ0) is 17.5. The molecule has 0 atom stereocenters. The Balaban J connectivity index is 1.93. The van der Waals surface area contributed by atoms with Crippen LogP contribution in [0.25, 0.3) is 6.08 Å². The molecule has 0 bridgehead atoms. The molecule has 0 aliphatic rings. The lowest BCUT2D eigenvalue weighted by Gasteiger charge is -2.15. The second-order valence-electron chi connectivity index (χ2n) is 5.41. The maximum atomic E-state index is 12.1. The van der Waals surface area contributed by atoms with E-state index in [1.165, 1.54) is 11.0 Å². The standard InChI is InChI=1S/C19H19BrN2O2/c1-14-7-3-4-8-15(14)11-12-19(24)22(2)13-18(23)21-17-10-6-5-9-16(17)20/h3-12H,13H2,1-2H3,(H,21,23)/b12-11+. The molecule has 0 radical (unpaired) electrons. The first-order valence-corrected chi connectivity index (χ1v) is 8.30. The average molecular weight is 387 g/mol. The second kappa shape index (κ2) is 8.45. The lowest BCUT2D eigenvalue weighted by Crippen LogP contribution is -2.33. The molecule has 2 aromatic rings. The summed E-state index contributed by atoms with van der Waals surface area (Å²) in [7, 11) is 1.60. The molecular weight excluding hydrogens is 368 g/mol. The first kappa shape index (κ1) is 17.9. The van der Waals surface area contributed by atoms with E-state index in [1.807, 2.05) is 49.4 Å². The van der Waals surface area contributed by atoms with Gasteiger partial charge in [0, 0.05) is 17.6 Å². The molecule has 0 unspecified atom stereocenters. The van der Waals surface area contributed by atoms with E-state index in [-0.39, 0.29) is 18.4 Å². The Bertz CT molecular complexity index is 771. The lowest BCUT2D eigenvalue weighted by atomic mass is 10.1. The number of aryl methyl sites for hydroxylation is 1. The highest BCUT2D eigenvalue weighted by molar-refractivity contribution is 9.10. The van der Waals surface area contributed by atoms with E-state index in [2.05, 4.69) is 21.2 Å². The van der Waals surface area contributed by atoms with Gasteiger partial charge in [0.15, 0.2) is 0 Å². The molecule has 0 spiro atoms. The summed E-state index contributed by atoms with van der Waals surface area (Å²) in [6.45, 7) is 1.97. The van der Waals surface area contributed by atoms with Crippen LogP contribution in [0.1, 0.15) is 11.1 Å². The summed E-state index contributed by atoms with van der Waals surface area (Å²) < 4.78 is 0.798. The molecule has 0 fully saturated rings. The van der Waals surface area contributed by atoms with E-state index in [0.717, 1.165) is 15.6 Å². The van der Waals surface area contributed by atoms with Crippen LogP contribution in [0, 0.1) is 6.92 Å². The third kappa shape index (κ3) is 5.06. The lowest BCUT2D eigenvalue weighted by molar-refractivity contribution is -0.129. The molecule has 2 rings (SSSR count). The summed E-state index contributed by atoms with van der Waals surface area (Å²) in [6.07, 6.45) is 3.24. The van der Waals surface area contributed by atoms with Crippen LogP contribution >= 0.6 is 15.9 Å². The Labute approximate surface area is 150 Å². The van der Waals surface area contributed by atoms with Crippen molar-refractivity contribution in [3.63, 3.8) is 0 Å². The van der Waals surface area contributed by atoms with E-state index in [1.54, 1.807) is 19.2 Å². The van der Waals surface area contributed by atoms with Crippen molar-refractivity contribution in [1.82, 2.24) is 4.90 Å². The predicted molar refractivity (Wildman–Crippen MR) is 101 cm³/mol. The smallest absolute Gasteiger partial charge is 0.246 e. The quantitative estimate of drug-likeness (QED) is 0.792. The Morgan fingerprint density at radius 3 is 2.50 bits per heavy atom. The van der Waals surface area contributed by atoms with Crippen LogP contribution in [0.4, 0.5) is 5.69 Å². The van der Waals surface area contributed by atoms with Gasteiger partial charge in [-0.05, 0) is 52.2 Å². The maximum Gasteiger partial charge on any atom is 0.246 e. The Hall–Kier alpha value is -2.40. The minimum Gasteiger partial charge on any atom is -0.333 e. The van der Waals surface area contributed by atoms with Crippen LogP contribution in [0.5, 0.6) is 0 Å². The summed E-state index contributed by atoms with van der Waals surface area (Å²) in [5.41, 5.74) is 2.76. The highest BCUT2D eigenvalue weighted by Gasteiger charge is 2.11. The first-order valence-electron chi connectivity index (χ1n) is 7.50. The van der Waals surface area contributed by atoms with Crippen LogP contribution < -0.4 is 5.32 Å². The van der Waals surface area contributed by atoms with Gasteiger partial charge in [-0.1, -0.05) is 36.4 Å². The number of halogens is 1. The van der Waals surface area contributed by atoms with Crippen LogP contribution in [0.2, 0.25) is 0 Å². The van der Waals surface area contributed by atoms with Gasteiger partial charge in [-0.25, -0.2) is 0 Å². The molecule has 0 aromatic heterocycles. The fraction of sp³-hybridized carbons (Fsp3) is 0.158. The molecule has 24 heavy (non-hydrogen) atoms. The monoisotopic (exact) mass is 386 g/mol. The van der Waals surface area contributed by atoms with Crippen molar-refractivity contribution in [2.45, 2.75) is 6.92 Å². The number of carbonyl (C=O) groups is 2. The Kier molecular flexibility index (Phi) is 6.32. The van der Waals surface area contributed by atoms with Crippen LogP contribution in [-0.2, 0) is 9.59 Å². The molecule has 0 aliphatic heterocycles. The maximum absolute atomic E-state index is 12.1. The molecule has 0 saturated heterocycles. The number of para-hydroxylation sites is 1. The van der Waals surface area contributed by atoms with E-state index >= 15 is 0 Å². The number of nitrogens with one attached hydrogen (secondary N) is 1. The number of benzene rings is 2. The van der Waals surface area contributed by atoms with Gasteiger partial charge in [-0.15, -0.1) is 0 Å². The molecule has 2 amide bonds. The first-order chi connectivity index (χ1) is 11.5. The van der Waals surface area contributed by atoms with Crippen LogP contribution in [-0.4, -0.2) is 30.3 Å². The van der Waals surface area contributed by atoms with Crippen molar-refractivity contribution in [1.29, 1.82) is 0 Å². The molecule has 124 valence electrons. The molecular formula is C19H19BrN2O2.